The van der Waals surface area contributed by atoms with Gasteiger partial charge >= 0.3 is 0 Å². The number of anilines is 2. The van der Waals surface area contributed by atoms with Crippen molar-refractivity contribution in [3.05, 3.63) is 152 Å². The Morgan fingerprint density at radius 1 is 0.922 bits per heavy atom. The van der Waals surface area contributed by atoms with Crippen LogP contribution < -0.4 is 16.0 Å². The van der Waals surface area contributed by atoms with Crippen molar-refractivity contribution in [1.82, 2.24) is 10.2 Å². The molecule has 51 heavy (non-hydrogen) atoms. The van der Waals surface area contributed by atoms with Crippen LogP contribution in [0, 0.1) is 11.3 Å². The van der Waals surface area contributed by atoms with Crippen LogP contribution in [0.2, 0.25) is 10.0 Å². The number of nitrogens with zero attached hydrogens (tertiary/aromatic N) is 2. The molecule has 6 rings (SSSR count). The molecule has 0 saturated heterocycles. The first-order valence-corrected chi connectivity index (χ1v) is 18.5. The van der Waals surface area contributed by atoms with E-state index in [1.807, 2.05) is 24.3 Å². The third kappa shape index (κ3) is 9.27. The first-order valence-electron chi connectivity index (χ1n) is 15.9. The van der Waals surface area contributed by atoms with Gasteiger partial charge in [0.1, 0.15) is 16.8 Å². The fourth-order valence-corrected chi connectivity index (χ4v) is 7.92. The van der Waals surface area contributed by atoms with Gasteiger partial charge in [0.05, 0.1) is 21.4 Å². The lowest BCUT2D eigenvalue weighted by Gasteiger charge is -2.26. The van der Waals surface area contributed by atoms with Gasteiger partial charge in [0, 0.05) is 40.7 Å². The predicted molar refractivity (Wildman–Crippen MR) is 206 cm³/mol. The molecule has 5 aromatic rings. The number of benzene rings is 4. The van der Waals surface area contributed by atoms with Crippen molar-refractivity contribution in [3.63, 3.8) is 0 Å². The summed E-state index contributed by atoms with van der Waals surface area (Å²) in [5.74, 6) is -1.20. The van der Waals surface area contributed by atoms with Crippen LogP contribution in [-0.4, -0.2) is 34.9 Å². The summed E-state index contributed by atoms with van der Waals surface area (Å²) in [6.45, 7) is 2.40. The molecule has 0 unspecified atom stereocenters. The maximum Gasteiger partial charge on any atom is 0.272 e. The topological polar surface area (TPSA) is 114 Å². The average molecular weight is 753 g/mol. The van der Waals surface area contributed by atoms with E-state index >= 15 is 0 Å². The Morgan fingerprint density at radius 3 is 2.43 bits per heavy atom. The molecule has 12 heteroatoms. The van der Waals surface area contributed by atoms with E-state index in [0.717, 1.165) is 41.4 Å². The zero-order valence-corrected chi connectivity index (χ0v) is 30.3. The van der Waals surface area contributed by atoms with Crippen LogP contribution in [0.4, 0.5) is 10.7 Å². The summed E-state index contributed by atoms with van der Waals surface area (Å²) in [6.07, 6.45) is 2.22. The lowest BCUT2D eigenvalue weighted by atomic mass is 10.0. The van der Waals surface area contributed by atoms with Gasteiger partial charge in [0.2, 0.25) is 5.91 Å². The number of nitriles is 1. The maximum absolute atomic E-state index is 13.5. The standard InChI is InChI=1S/C39H31Cl2N5O3S2/c40-32-16-7-13-27(36(32)41)19-33(44-37(48)26-11-5-2-6-12-26)38(49)43-28-14-8-15-29(20-28)50-24-35(47)45-39-31(21-42)30-17-18-46(23-34(30)51-39)22-25-9-3-1-4-10-25/h1-16,19-20H,17-18,22-24H2,(H,43,49)(H,44,48)(H,45,47)/b33-19+. The molecule has 0 spiro atoms. The van der Waals surface area contributed by atoms with Crippen LogP contribution in [0.25, 0.3) is 6.08 Å². The van der Waals surface area contributed by atoms with E-state index in [9.17, 15) is 19.6 Å². The number of halogens is 2. The second kappa shape index (κ2) is 16.9. The van der Waals surface area contributed by atoms with Crippen molar-refractivity contribution in [2.45, 2.75) is 24.4 Å². The van der Waals surface area contributed by atoms with E-state index in [1.54, 1.807) is 66.7 Å². The van der Waals surface area contributed by atoms with Gasteiger partial charge in [-0.25, -0.2) is 0 Å². The van der Waals surface area contributed by atoms with Crippen molar-refractivity contribution >= 4 is 80.8 Å². The molecule has 0 atom stereocenters. The molecule has 3 N–H and O–H groups in total. The minimum Gasteiger partial charge on any atom is -0.321 e. The molecule has 1 aromatic heterocycles. The predicted octanol–water partition coefficient (Wildman–Crippen LogP) is 8.63. The Balaban J connectivity index is 1.10. The molecule has 0 saturated carbocycles. The highest BCUT2D eigenvalue weighted by Gasteiger charge is 2.25. The van der Waals surface area contributed by atoms with E-state index in [1.165, 1.54) is 34.7 Å². The molecular weight excluding hydrogens is 722 g/mol. The highest BCUT2D eigenvalue weighted by Crippen LogP contribution is 2.37. The summed E-state index contributed by atoms with van der Waals surface area (Å²) < 4.78 is 0. The molecule has 0 fully saturated rings. The molecular formula is C39H31Cl2N5O3S2. The number of thioether (sulfide) groups is 1. The summed E-state index contributed by atoms with van der Waals surface area (Å²) in [6, 6.07) is 33.2. The Morgan fingerprint density at radius 2 is 1.67 bits per heavy atom. The second-order valence-corrected chi connectivity index (χ2v) is 14.5. The quantitative estimate of drug-likeness (QED) is 0.0920. The van der Waals surface area contributed by atoms with Gasteiger partial charge in [-0.3, -0.25) is 19.3 Å². The van der Waals surface area contributed by atoms with Crippen LogP contribution in [0.3, 0.4) is 0 Å². The van der Waals surface area contributed by atoms with Crippen LogP contribution in [-0.2, 0) is 29.1 Å². The van der Waals surface area contributed by atoms with Gasteiger partial charge < -0.3 is 16.0 Å². The van der Waals surface area contributed by atoms with E-state index in [2.05, 4.69) is 39.1 Å². The Labute approximate surface area is 314 Å². The first-order chi connectivity index (χ1) is 24.8. The molecule has 1 aliphatic rings. The number of carbonyl (C=O) groups excluding carboxylic acids is 3. The fraction of sp³-hybridized carbons (Fsp3) is 0.128. The molecule has 1 aliphatic heterocycles. The SMILES string of the molecule is N#Cc1c(NC(=O)CSc2cccc(NC(=O)/C(=C\c3cccc(Cl)c3Cl)NC(=O)c3ccccc3)c2)sc2c1CCN(Cc1ccccc1)C2. The number of hydrogen-bond donors (Lipinski definition) is 3. The number of hydrogen-bond acceptors (Lipinski definition) is 7. The third-order valence-electron chi connectivity index (χ3n) is 8.02. The van der Waals surface area contributed by atoms with Crippen LogP contribution in [0.5, 0.6) is 0 Å². The smallest absolute Gasteiger partial charge is 0.272 e. The lowest BCUT2D eigenvalue weighted by molar-refractivity contribution is -0.114. The van der Waals surface area contributed by atoms with Gasteiger partial charge in [-0.15, -0.1) is 23.1 Å². The van der Waals surface area contributed by atoms with Gasteiger partial charge in [-0.05, 0) is 65.6 Å². The number of fused-ring (bicyclic) bond motifs is 1. The number of rotatable bonds is 11. The summed E-state index contributed by atoms with van der Waals surface area (Å²) in [5, 5.41) is 19.6. The fourth-order valence-electron chi connectivity index (χ4n) is 5.54. The van der Waals surface area contributed by atoms with Gasteiger partial charge in [0.15, 0.2) is 0 Å². The highest BCUT2D eigenvalue weighted by atomic mass is 35.5. The number of nitrogens with one attached hydrogen (secondary N) is 3. The summed E-state index contributed by atoms with van der Waals surface area (Å²) >= 11 is 15.3. The molecule has 256 valence electrons. The van der Waals surface area contributed by atoms with Crippen molar-refractivity contribution < 1.29 is 14.4 Å². The van der Waals surface area contributed by atoms with Gasteiger partial charge in [-0.1, -0.05) is 89.9 Å². The number of thiophene rings is 1. The minimum atomic E-state index is -0.580. The van der Waals surface area contributed by atoms with Crippen molar-refractivity contribution in [1.29, 1.82) is 5.26 Å². The van der Waals surface area contributed by atoms with E-state index < -0.39 is 11.8 Å². The molecule has 2 heterocycles. The van der Waals surface area contributed by atoms with Crippen molar-refractivity contribution in [2.75, 3.05) is 22.9 Å². The Hall–Kier alpha value is -4.89. The zero-order chi connectivity index (χ0) is 35.7. The van der Waals surface area contributed by atoms with Crippen molar-refractivity contribution in [3.8, 4) is 6.07 Å². The summed E-state index contributed by atoms with van der Waals surface area (Å²) in [5.41, 5.74) is 4.04. The van der Waals surface area contributed by atoms with E-state index in [0.29, 0.717) is 32.4 Å². The van der Waals surface area contributed by atoms with Gasteiger partial charge in [0.25, 0.3) is 11.8 Å². The van der Waals surface area contributed by atoms with E-state index in [-0.39, 0.29) is 22.4 Å². The third-order valence-corrected chi connectivity index (χ3v) is 11.0. The Bertz CT molecular complexity index is 2150. The molecule has 0 aliphatic carbocycles. The Kier molecular flexibility index (Phi) is 11.9. The molecule has 0 radical (unpaired) electrons. The second-order valence-electron chi connectivity index (χ2n) is 11.6. The van der Waals surface area contributed by atoms with E-state index in [4.69, 9.17) is 23.2 Å². The number of amides is 3. The highest BCUT2D eigenvalue weighted by molar-refractivity contribution is 8.00. The maximum atomic E-state index is 13.5. The summed E-state index contributed by atoms with van der Waals surface area (Å²) in [4.78, 5) is 43.8. The van der Waals surface area contributed by atoms with Crippen LogP contribution in [0.15, 0.2) is 114 Å². The molecule has 3 amide bonds. The normalized spacial score (nSPS) is 12.8. The lowest BCUT2D eigenvalue weighted by Crippen LogP contribution is -2.30. The minimum absolute atomic E-state index is 0.0411. The zero-order valence-electron chi connectivity index (χ0n) is 27.1. The number of carbonyl (C=O) groups is 3. The van der Waals surface area contributed by atoms with Gasteiger partial charge in [-0.2, -0.15) is 5.26 Å². The monoisotopic (exact) mass is 751 g/mol. The molecule has 0 bridgehead atoms. The first kappa shape index (κ1) is 35.9. The largest absolute Gasteiger partial charge is 0.321 e. The van der Waals surface area contributed by atoms with Crippen LogP contribution in [0.1, 0.15) is 37.5 Å². The molecule has 4 aromatic carbocycles. The average Bonchev–Trinajstić information content (AvgIpc) is 3.49. The summed E-state index contributed by atoms with van der Waals surface area (Å²) in [7, 11) is 0. The van der Waals surface area contributed by atoms with Crippen molar-refractivity contribution in [2.24, 2.45) is 0 Å². The van der Waals surface area contributed by atoms with Crippen LogP contribution >= 0.6 is 46.3 Å². The molecule has 8 nitrogen and oxygen atoms in total.